The molecule has 0 saturated carbocycles. The second-order valence-electron chi connectivity index (χ2n) is 4.56. The molecule has 0 saturated heterocycles. The molecule has 0 aliphatic heterocycles. The van der Waals surface area contributed by atoms with Gasteiger partial charge in [0.25, 0.3) is 5.91 Å². The van der Waals surface area contributed by atoms with Crippen LogP contribution in [0.5, 0.6) is 0 Å². The van der Waals surface area contributed by atoms with E-state index in [-0.39, 0.29) is 5.91 Å². The van der Waals surface area contributed by atoms with Crippen molar-refractivity contribution in [2.24, 2.45) is 0 Å². The van der Waals surface area contributed by atoms with E-state index in [1.165, 1.54) is 6.20 Å². The van der Waals surface area contributed by atoms with Crippen LogP contribution in [0.1, 0.15) is 23.2 Å². The van der Waals surface area contributed by atoms with Crippen LogP contribution in [-0.4, -0.2) is 31.2 Å². The highest BCUT2D eigenvalue weighted by Crippen LogP contribution is 2.22. The van der Waals surface area contributed by atoms with Gasteiger partial charge in [-0.3, -0.25) is 4.79 Å². The summed E-state index contributed by atoms with van der Waals surface area (Å²) in [7, 11) is 1.67. The van der Waals surface area contributed by atoms with Crippen molar-refractivity contribution < 1.29 is 9.53 Å². The van der Waals surface area contributed by atoms with Crippen LogP contribution in [0.15, 0.2) is 30.5 Å². The number of ether oxygens (including phenoxy) is 1. The third kappa shape index (κ3) is 3.24. The zero-order chi connectivity index (χ0) is 14.4. The molecule has 3 N–H and O–H groups in total. The van der Waals surface area contributed by atoms with Crippen LogP contribution in [0.3, 0.4) is 0 Å². The minimum Gasteiger partial charge on any atom is -0.385 e. The maximum Gasteiger partial charge on any atom is 0.253 e. The van der Waals surface area contributed by atoms with Gasteiger partial charge in [-0.25, -0.2) is 4.98 Å². The summed E-state index contributed by atoms with van der Waals surface area (Å²) in [5, 5.41) is 4.53. The van der Waals surface area contributed by atoms with Gasteiger partial charge in [-0.05, 0) is 18.2 Å². The molecule has 1 aromatic heterocycles. The Balaban J connectivity index is 2.09. The number of aromatic nitrogens is 1. The Morgan fingerprint density at radius 1 is 1.30 bits per heavy atom. The van der Waals surface area contributed by atoms with Crippen LogP contribution in [0.4, 0.5) is 5.82 Å². The number of pyridine rings is 1. The van der Waals surface area contributed by atoms with Crippen molar-refractivity contribution in [3.63, 3.8) is 0 Å². The van der Waals surface area contributed by atoms with E-state index in [1.54, 1.807) is 7.11 Å². The van der Waals surface area contributed by atoms with Crippen LogP contribution in [0, 0.1) is 0 Å². The second kappa shape index (κ2) is 6.86. The molecule has 1 heterocycles. The molecule has 1 aromatic carbocycles. The summed E-state index contributed by atoms with van der Waals surface area (Å²) >= 11 is 0. The standard InChI is InChI=1S/C15H19N3O2/c1-20-9-5-4-8-17-15(19)13-10-18-14(16)12-7-3-2-6-11(12)13/h2-3,6-7,10H,4-5,8-9H2,1H3,(H2,16,18)(H,17,19). The number of nitrogen functional groups attached to an aromatic ring is 1. The predicted molar refractivity (Wildman–Crippen MR) is 79.6 cm³/mol. The molecule has 0 fully saturated rings. The number of fused-ring (bicyclic) bond motifs is 1. The number of anilines is 1. The molecule has 0 atom stereocenters. The Morgan fingerprint density at radius 3 is 2.80 bits per heavy atom. The SMILES string of the molecule is COCCCCNC(=O)c1cnc(N)c2ccccc12. The maximum absolute atomic E-state index is 12.2. The molecule has 0 aliphatic carbocycles. The average molecular weight is 273 g/mol. The zero-order valence-corrected chi connectivity index (χ0v) is 11.6. The van der Waals surface area contributed by atoms with Crippen LogP contribution in [-0.2, 0) is 4.74 Å². The zero-order valence-electron chi connectivity index (χ0n) is 11.6. The fourth-order valence-corrected chi connectivity index (χ4v) is 2.06. The summed E-state index contributed by atoms with van der Waals surface area (Å²) in [5.41, 5.74) is 6.38. The van der Waals surface area contributed by atoms with Gasteiger partial charge < -0.3 is 15.8 Å². The fourth-order valence-electron chi connectivity index (χ4n) is 2.06. The summed E-state index contributed by atoms with van der Waals surface area (Å²) in [6.45, 7) is 1.34. The lowest BCUT2D eigenvalue weighted by molar-refractivity contribution is 0.0953. The number of nitrogens with two attached hydrogens (primary N) is 1. The van der Waals surface area contributed by atoms with E-state index in [0.717, 1.165) is 23.6 Å². The van der Waals surface area contributed by atoms with Gasteiger partial charge in [-0.2, -0.15) is 0 Å². The molecule has 0 bridgehead atoms. The number of unbranched alkanes of at least 4 members (excludes halogenated alkanes) is 1. The van der Waals surface area contributed by atoms with Crippen LogP contribution >= 0.6 is 0 Å². The van der Waals surface area contributed by atoms with Crippen molar-refractivity contribution in [2.45, 2.75) is 12.8 Å². The quantitative estimate of drug-likeness (QED) is 0.789. The van der Waals surface area contributed by atoms with Crippen molar-refractivity contribution in [3.8, 4) is 0 Å². The van der Waals surface area contributed by atoms with Crippen molar-refractivity contribution in [1.82, 2.24) is 10.3 Å². The van der Waals surface area contributed by atoms with Gasteiger partial charge in [-0.15, -0.1) is 0 Å². The molecule has 0 spiro atoms. The highest BCUT2D eigenvalue weighted by atomic mass is 16.5. The molecule has 0 unspecified atom stereocenters. The number of nitrogens with one attached hydrogen (secondary N) is 1. The van der Waals surface area contributed by atoms with Crippen molar-refractivity contribution >= 4 is 22.5 Å². The van der Waals surface area contributed by atoms with Gasteiger partial charge in [0, 0.05) is 31.8 Å². The maximum atomic E-state index is 12.2. The van der Waals surface area contributed by atoms with Crippen LogP contribution in [0.25, 0.3) is 10.8 Å². The van der Waals surface area contributed by atoms with E-state index in [9.17, 15) is 4.79 Å². The summed E-state index contributed by atoms with van der Waals surface area (Å²) in [6, 6.07) is 7.52. The van der Waals surface area contributed by atoms with Crippen LogP contribution in [0.2, 0.25) is 0 Å². The molecule has 106 valence electrons. The average Bonchev–Trinajstić information content (AvgIpc) is 2.47. The van der Waals surface area contributed by atoms with Gasteiger partial charge in [0.2, 0.25) is 0 Å². The lowest BCUT2D eigenvalue weighted by Gasteiger charge is -2.09. The largest absolute Gasteiger partial charge is 0.385 e. The summed E-state index contributed by atoms with van der Waals surface area (Å²) in [6.07, 6.45) is 3.35. The first-order chi connectivity index (χ1) is 9.74. The molecular weight excluding hydrogens is 254 g/mol. The number of amides is 1. The first-order valence-electron chi connectivity index (χ1n) is 6.64. The molecule has 20 heavy (non-hydrogen) atoms. The monoisotopic (exact) mass is 273 g/mol. The molecule has 2 aromatic rings. The van der Waals surface area contributed by atoms with E-state index in [0.29, 0.717) is 24.5 Å². The van der Waals surface area contributed by atoms with E-state index in [1.807, 2.05) is 24.3 Å². The highest BCUT2D eigenvalue weighted by Gasteiger charge is 2.11. The number of rotatable bonds is 6. The lowest BCUT2D eigenvalue weighted by Crippen LogP contribution is -2.25. The van der Waals surface area contributed by atoms with Gasteiger partial charge in [0.05, 0.1) is 5.56 Å². The Hall–Kier alpha value is -2.14. The van der Waals surface area contributed by atoms with E-state index < -0.39 is 0 Å². The van der Waals surface area contributed by atoms with Crippen molar-refractivity contribution in [3.05, 3.63) is 36.0 Å². The number of carbonyl (C=O) groups is 1. The smallest absolute Gasteiger partial charge is 0.253 e. The summed E-state index contributed by atoms with van der Waals surface area (Å²) < 4.78 is 4.97. The molecule has 5 heteroatoms. The number of carbonyl (C=O) groups excluding carboxylic acids is 1. The number of benzene rings is 1. The Labute approximate surface area is 118 Å². The fraction of sp³-hybridized carbons (Fsp3) is 0.333. The van der Waals surface area contributed by atoms with Crippen molar-refractivity contribution in [1.29, 1.82) is 0 Å². The third-order valence-electron chi connectivity index (χ3n) is 3.13. The number of hydrogen-bond acceptors (Lipinski definition) is 4. The molecule has 5 nitrogen and oxygen atoms in total. The molecule has 0 aliphatic rings. The Bertz CT molecular complexity index is 599. The summed E-state index contributed by atoms with van der Waals surface area (Å²) in [4.78, 5) is 16.3. The molecule has 2 rings (SSSR count). The topological polar surface area (TPSA) is 77.2 Å². The minimum atomic E-state index is -0.119. The van der Waals surface area contributed by atoms with E-state index >= 15 is 0 Å². The van der Waals surface area contributed by atoms with Gasteiger partial charge >= 0.3 is 0 Å². The first kappa shape index (κ1) is 14.3. The first-order valence-corrected chi connectivity index (χ1v) is 6.64. The van der Waals surface area contributed by atoms with Gasteiger partial charge in [0.15, 0.2) is 0 Å². The van der Waals surface area contributed by atoms with Crippen molar-refractivity contribution in [2.75, 3.05) is 26.0 Å². The van der Waals surface area contributed by atoms with Gasteiger partial charge in [-0.1, -0.05) is 24.3 Å². The molecular formula is C15H19N3O2. The lowest BCUT2D eigenvalue weighted by atomic mass is 10.1. The normalized spacial score (nSPS) is 10.7. The second-order valence-corrected chi connectivity index (χ2v) is 4.56. The Kier molecular flexibility index (Phi) is 4.90. The van der Waals surface area contributed by atoms with Gasteiger partial charge in [0.1, 0.15) is 5.82 Å². The third-order valence-corrected chi connectivity index (χ3v) is 3.13. The summed E-state index contributed by atoms with van der Waals surface area (Å²) in [5.74, 6) is 0.323. The number of hydrogen-bond donors (Lipinski definition) is 2. The number of nitrogens with zero attached hydrogens (tertiary/aromatic N) is 1. The molecule has 0 radical (unpaired) electrons. The van der Waals surface area contributed by atoms with E-state index in [4.69, 9.17) is 10.5 Å². The Morgan fingerprint density at radius 2 is 2.05 bits per heavy atom. The minimum absolute atomic E-state index is 0.119. The van der Waals surface area contributed by atoms with Crippen LogP contribution < -0.4 is 11.1 Å². The molecule has 1 amide bonds. The number of methoxy groups -OCH3 is 1. The highest BCUT2D eigenvalue weighted by molar-refractivity contribution is 6.08. The predicted octanol–water partition coefficient (Wildman–Crippen LogP) is 1.97. The van der Waals surface area contributed by atoms with E-state index in [2.05, 4.69) is 10.3 Å².